The van der Waals surface area contributed by atoms with Crippen LogP contribution in [0, 0.1) is 0 Å². The number of fused-ring (bicyclic) bond motifs is 1. The third kappa shape index (κ3) is 1.52. The van der Waals surface area contributed by atoms with Gasteiger partial charge in [0.05, 0.1) is 12.7 Å². The molecule has 2 N–H and O–H groups in total. The molecule has 0 unspecified atom stereocenters. The minimum atomic E-state index is -0.341. The van der Waals surface area contributed by atoms with Crippen LogP contribution in [0.4, 0.5) is 5.69 Å². The molecule has 76 valence electrons. The summed E-state index contributed by atoms with van der Waals surface area (Å²) in [5.74, 6) is -0.341. The van der Waals surface area contributed by atoms with Gasteiger partial charge < -0.3 is 10.5 Å². The number of carbonyl (C=O) groups excluding carboxylic acids is 1. The van der Waals surface area contributed by atoms with E-state index in [1.165, 1.54) is 7.11 Å². The van der Waals surface area contributed by atoms with Gasteiger partial charge in [-0.1, -0.05) is 24.3 Å². The molecule has 0 aliphatic rings. The van der Waals surface area contributed by atoms with Gasteiger partial charge in [-0.25, -0.2) is 4.79 Å². The number of benzene rings is 2. The number of ether oxygens (including phenoxy) is 1. The summed E-state index contributed by atoms with van der Waals surface area (Å²) < 4.78 is 4.70. The zero-order valence-corrected chi connectivity index (χ0v) is 8.36. The van der Waals surface area contributed by atoms with Crippen LogP contribution < -0.4 is 5.73 Å². The first-order valence-electron chi connectivity index (χ1n) is 4.59. The fraction of sp³-hybridized carbons (Fsp3) is 0.0833. The number of anilines is 1. The molecular formula is C12H11NO2. The van der Waals surface area contributed by atoms with Crippen LogP contribution in [0.1, 0.15) is 10.4 Å². The van der Waals surface area contributed by atoms with Gasteiger partial charge in [0.2, 0.25) is 0 Å². The highest BCUT2D eigenvalue weighted by Crippen LogP contribution is 2.24. The van der Waals surface area contributed by atoms with E-state index in [2.05, 4.69) is 0 Å². The monoisotopic (exact) mass is 201 g/mol. The highest BCUT2D eigenvalue weighted by molar-refractivity contribution is 6.07. The van der Waals surface area contributed by atoms with Gasteiger partial charge in [0, 0.05) is 11.1 Å². The van der Waals surface area contributed by atoms with Crippen molar-refractivity contribution >= 4 is 22.4 Å². The summed E-state index contributed by atoms with van der Waals surface area (Å²) in [4.78, 5) is 11.5. The smallest absolute Gasteiger partial charge is 0.338 e. The second-order valence-electron chi connectivity index (χ2n) is 3.24. The first-order valence-corrected chi connectivity index (χ1v) is 4.59. The van der Waals surface area contributed by atoms with Crippen molar-refractivity contribution in [2.75, 3.05) is 12.8 Å². The summed E-state index contributed by atoms with van der Waals surface area (Å²) in [5.41, 5.74) is 7.02. The molecule has 0 aromatic heterocycles. The second-order valence-corrected chi connectivity index (χ2v) is 3.24. The SMILES string of the molecule is COC(=O)c1ccc(N)c2ccccc12. The van der Waals surface area contributed by atoms with E-state index in [4.69, 9.17) is 10.5 Å². The van der Waals surface area contributed by atoms with Crippen LogP contribution in [0.15, 0.2) is 36.4 Å². The summed E-state index contributed by atoms with van der Waals surface area (Å²) in [5, 5.41) is 1.70. The van der Waals surface area contributed by atoms with Gasteiger partial charge in [0.25, 0.3) is 0 Å². The Morgan fingerprint density at radius 3 is 2.47 bits per heavy atom. The maximum absolute atomic E-state index is 11.5. The standard InChI is InChI=1S/C12H11NO2/c1-15-12(14)10-6-7-11(13)9-5-3-2-4-8(9)10/h2-7H,13H2,1H3. The summed E-state index contributed by atoms with van der Waals surface area (Å²) in [6.07, 6.45) is 0. The molecule has 2 aromatic carbocycles. The Balaban J connectivity index is 2.77. The van der Waals surface area contributed by atoms with Crippen LogP contribution in [0.25, 0.3) is 10.8 Å². The molecule has 0 saturated carbocycles. The molecule has 0 spiro atoms. The molecule has 0 aliphatic carbocycles. The Labute approximate surface area is 87.5 Å². The number of methoxy groups -OCH3 is 1. The van der Waals surface area contributed by atoms with Crippen molar-refractivity contribution in [1.82, 2.24) is 0 Å². The van der Waals surface area contributed by atoms with Gasteiger partial charge in [-0.15, -0.1) is 0 Å². The number of nitrogens with two attached hydrogens (primary N) is 1. The Morgan fingerprint density at radius 1 is 1.13 bits per heavy atom. The van der Waals surface area contributed by atoms with Gasteiger partial charge in [-0.2, -0.15) is 0 Å². The predicted octanol–water partition coefficient (Wildman–Crippen LogP) is 2.21. The van der Waals surface area contributed by atoms with Crippen LogP contribution in [0.2, 0.25) is 0 Å². The summed E-state index contributed by atoms with van der Waals surface area (Å²) >= 11 is 0. The number of nitrogen functional groups attached to an aromatic ring is 1. The Bertz CT molecular complexity index is 520. The van der Waals surface area contributed by atoms with Gasteiger partial charge in [0.15, 0.2) is 0 Å². The summed E-state index contributed by atoms with van der Waals surface area (Å²) in [6, 6.07) is 10.9. The van der Waals surface area contributed by atoms with Crippen molar-refractivity contribution in [3.05, 3.63) is 42.0 Å². The Hall–Kier alpha value is -2.03. The minimum Gasteiger partial charge on any atom is -0.465 e. The van der Waals surface area contributed by atoms with Crippen LogP contribution >= 0.6 is 0 Å². The number of hydrogen-bond acceptors (Lipinski definition) is 3. The largest absolute Gasteiger partial charge is 0.465 e. The van der Waals surface area contributed by atoms with Crippen LogP contribution in [-0.2, 0) is 4.74 Å². The van der Waals surface area contributed by atoms with Crippen molar-refractivity contribution in [3.8, 4) is 0 Å². The van der Waals surface area contributed by atoms with Crippen molar-refractivity contribution < 1.29 is 9.53 Å². The maximum Gasteiger partial charge on any atom is 0.338 e. The van der Waals surface area contributed by atoms with Gasteiger partial charge in [-0.3, -0.25) is 0 Å². The van der Waals surface area contributed by atoms with E-state index in [-0.39, 0.29) is 5.97 Å². The number of rotatable bonds is 1. The molecule has 0 aliphatic heterocycles. The zero-order valence-electron chi connectivity index (χ0n) is 8.36. The molecule has 3 nitrogen and oxygen atoms in total. The minimum absolute atomic E-state index is 0.341. The lowest BCUT2D eigenvalue weighted by Crippen LogP contribution is -2.02. The zero-order chi connectivity index (χ0) is 10.8. The lowest BCUT2D eigenvalue weighted by molar-refractivity contribution is 0.0603. The Kier molecular flexibility index (Phi) is 2.29. The average Bonchev–Trinajstić information content (AvgIpc) is 2.29. The molecule has 0 amide bonds. The van der Waals surface area contributed by atoms with Crippen molar-refractivity contribution in [2.45, 2.75) is 0 Å². The van der Waals surface area contributed by atoms with Gasteiger partial charge >= 0.3 is 5.97 Å². The van der Waals surface area contributed by atoms with Crippen LogP contribution in [-0.4, -0.2) is 13.1 Å². The van der Waals surface area contributed by atoms with E-state index in [0.29, 0.717) is 11.3 Å². The van der Waals surface area contributed by atoms with E-state index in [0.717, 1.165) is 10.8 Å². The van der Waals surface area contributed by atoms with E-state index >= 15 is 0 Å². The predicted molar refractivity (Wildman–Crippen MR) is 59.7 cm³/mol. The van der Waals surface area contributed by atoms with Gasteiger partial charge in [0.1, 0.15) is 0 Å². The number of esters is 1. The van der Waals surface area contributed by atoms with E-state index in [1.54, 1.807) is 12.1 Å². The maximum atomic E-state index is 11.5. The van der Waals surface area contributed by atoms with E-state index in [1.807, 2.05) is 24.3 Å². The summed E-state index contributed by atoms with van der Waals surface area (Å²) in [7, 11) is 1.37. The molecule has 0 heterocycles. The second kappa shape index (κ2) is 3.61. The molecule has 0 saturated heterocycles. The Morgan fingerprint density at radius 2 is 1.80 bits per heavy atom. The topological polar surface area (TPSA) is 52.3 Å². The van der Waals surface area contributed by atoms with Gasteiger partial charge in [-0.05, 0) is 17.5 Å². The third-order valence-electron chi connectivity index (χ3n) is 2.36. The normalized spacial score (nSPS) is 10.2. The van der Waals surface area contributed by atoms with Crippen LogP contribution in [0.3, 0.4) is 0 Å². The quantitative estimate of drug-likeness (QED) is 0.568. The van der Waals surface area contributed by atoms with Crippen molar-refractivity contribution in [1.29, 1.82) is 0 Å². The first kappa shape index (κ1) is 9.52. The number of carbonyl (C=O) groups is 1. The average molecular weight is 201 g/mol. The lowest BCUT2D eigenvalue weighted by atomic mass is 10.0. The number of hydrogen-bond donors (Lipinski definition) is 1. The van der Waals surface area contributed by atoms with Crippen molar-refractivity contribution in [3.63, 3.8) is 0 Å². The molecule has 0 fully saturated rings. The van der Waals surface area contributed by atoms with Crippen molar-refractivity contribution in [2.24, 2.45) is 0 Å². The molecule has 0 bridgehead atoms. The molecule has 15 heavy (non-hydrogen) atoms. The molecule has 0 radical (unpaired) electrons. The molecular weight excluding hydrogens is 190 g/mol. The fourth-order valence-corrected chi connectivity index (χ4v) is 1.61. The highest BCUT2D eigenvalue weighted by atomic mass is 16.5. The van der Waals surface area contributed by atoms with E-state index in [9.17, 15) is 4.79 Å². The summed E-state index contributed by atoms with van der Waals surface area (Å²) in [6.45, 7) is 0. The van der Waals surface area contributed by atoms with Crippen LogP contribution in [0.5, 0.6) is 0 Å². The molecule has 2 rings (SSSR count). The molecule has 3 heteroatoms. The fourth-order valence-electron chi connectivity index (χ4n) is 1.61. The third-order valence-corrected chi connectivity index (χ3v) is 2.36. The molecule has 2 aromatic rings. The molecule has 0 atom stereocenters. The van der Waals surface area contributed by atoms with E-state index < -0.39 is 0 Å². The highest BCUT2D eigenvalue weighted by Gasteiger charge is 2.10. The lowest BCUT2D eigenvalue weighted by Gasteiger charge is -2.06. The first-order chi connectivity index (χ1) is 7.24.